The number of hydrogen-bond acceptors (Lipinski definition) is 3. The third-order valence-corrected chi connectivity index (χ3v) is 5.32. The average molecular weight is 302 g/mol. The molecule has 0 aromatic carbocycles. The van der Waals surface area contributed by atoms with Crippen molar-refractivity contribution >= 4 is 38.6 Å². The zero-order chi connectivity index (χ0) is 11.0. The molecule has 4 heteroatoms. The van der Waals surface area contributed by atoms with Crippen molar-refractivity contribution in [1.82, 2.24) is 0 Å². The van der Waals surface area contributed by atoms with E-state index >= 15 is 0 Å². The van der Waals surface area contributed by atoms with Crippen molar-refractivity contribution in [1.29, 1.82) is 0 Å². The van der Waals surface area contributed by atoms with E-state index in [0.717, 1.165) is 4.47 Å². The molecule has 2 aromatic rings. The summed E-state index contributed by atoms with van der Waals surface area (Å²) in [6.45, 7) is 4.21. The van der Waals surface area contributed by atoms with Gasteiger partial charge in [-0.1, -0.05) is 0 Å². The molecule has 1 unspecified atom stereocenters. The Labute approximate surface area is 106 Å². The molecule has 0 spiro atoms. The van der Waals surface area contributed by atoms with Crippen molar-refractivity contribution in [2.24, 2.45) is 5.73 Å². The Bertz CT molecular complexity index is 473. The minimum Gasteiger partial charge on any atom is -0.319 e. The van der Waals surface area contributed by atoms with E-state index in [1.165, 1.54) is 19.5 Å². The largest absolute Gasteiger partial charge is 0.319 e. The van der Waals surface area contributed by atoms with Gasteiger partial charge in [-0.25, -0.2) is 0 Å². The first-order valence-corrected chi connectivity index (χ1v) is 7.08. The fourth-order valence-corrected chi connectivity index (χ4v) is 4.34. The lowest BCUT2D eigenvalue weighted by Gasteiger charge is -2.07. The lowest BCUT2D eigenvalue weighted by molar-refractivity contribution is 0.912. The third kappa shape index (κ3) is 2.33. The van der Waals surface area contributed by atoms with Crippen LogP contribution in [0.2, 0.25) is 0 Å². The van der Waals surface area contributed by atoms with E-state index in [1.54, 1.807) is 22.7 Å². The monoisotopic (exact) mass is 301 g/mol. The maximum Gasteiger partial charge on any atom is 0.0751 e. The first-order chi connectivity index (χ1) is 7.08. The van der Waals surface area contributed by atoms with Crippen LogP contribution in [0.3, 0.4) is 0 Å². The van der Waals surface area contributed by atoms with Crippen molar-refractivity contribution in [3.05, 3.63) is 42.2 Å². The fourth-order valence-electron chi connectivity index (χ4n) is 1.46. The topological polar surface area (TPSA) is 26.0 Å². The molecule has 2 heterocycles. The van der Waals surface area contributed by atoms with Crippen LogP contribution in [0.5, 0.6) is 0 Å². The van der Waals surface area contributed by atoms with Crippen LogP contribution in [-0.4, -0.2) is 0 Å². The van der Waals surface area contributed by atoms with E-state index in [0.29, 0.717) is 0 Å². The predicted octanol–water partition coefficient (Wildman–Crippen LogP) is 4.24. The van der Waals surface area contributed by atoms with E-state index in [9.17, 15) is 0 Å². The van der Waals surface area contributed by atoms with E-state index in [4.69, 9.17) is 5.73 Å². The van der Waals surface area contributed by atoms with E-state index in [2.05, 4.69) is 48.0 Å². The van der Waals surface area contributed by atoms with Gasteiger partial charge in [0.1, 0.15) is 0 Å². The summed E-state index contributed by atoms with van der Waals surface area (Å²) in [6, 6.07) is 6.37. The maximum absolute atomic E-state index is 6.23. The summed E-state index contributed by atoms with van der Waals surface area (Å²) >= 11 is 7.09. The van der Waals surface area contributed by atoms with Crippen molar-refractivity contribution in [2.75, 3.05) is 0 Å². The highest BCUT2D eigenvalue weighted by Crippen LogP contribution is 2.36. The summed E-state index contributed by atoms with van der Waals surface area (Å²) in [4.78, 5) is 5.05. The third-order valence-electron chi connectivity index (χ3n) is 2.19. The molecular formula is C11H12BrNS2. The molecule has 0 saturated carbocycles. The highest BCUT2D eigenvalue weighted by atomic mass is 79.9. The van der Waals surface area contributed by atoms with E-state index in [-0.39, 0.29) is 6.04 Å². The molecule has 2 aromatic heterocycles. The Hall–Kier alpha value is -0.160. The number of halogens is 1. The summed E-state index contributed by atoms with van der Waals surface area (Å²) in [5, 5.41) is 0. The first kappa shape index (κ1) is 11.3. The summed E-state index contributed by atoms with van der Waals surface area (Å²) in [7, 11) is 0. The molecule has 80 valence electrons. The Morgan fingerprint density at radius 3 is 2.40 bits per heavy atom. The molecule has 0 aliphatic rings. The second kappa shape index (κ2) is 4.37. The number of nitrogens with two attached hydrogens (primary N) is 1. The van der Waals surface area contributed by atoms with Crippen LogP contribution in [0.15, 0.2) is 22.7 Å². The molecule has 2 N–H and O–H groups in total. The molecule has 0 saturated heterocycles. The number of thiophene rings is 2. The molecule has 15 heavy (non-hydrogen) atoms. The minimum atomic E-state index is 0.0109. The van der Waals surface area contributed by atoms with Crippen molar-refractivity contribution in [3.63, 3.8) is 0 Å². The lowest BCUT2D eigenvalue weighted by Crippen LogP contribution is -2.08. The second-order valence-corrected chi connectivity index (χ2v) is 6.96. The zero-order valence-electron chi connectivity index (χ0n) is 8.58. The standard InChI is InChI=1S/C11H12BrNS2/c1-6-3-4-9(14-6)10(13)11-8(12)5-7(2)15-11/h3-5,10H,13H2,1-2H3. The van der Waals surface area contributed by atoms with Crippen molar-refractivity contribution in [2.45, 2.75) is 19.9 Å². The van der Waals surface area contributed by atoms with Gasteiger partial charge in [0.25, 0.3) is 0 Å². The first-order valence-electron chi connectivity index (χ1n) is 4.65. The van der Waals surface area contributed by atoms with Crippen LogP contribution in [-0.2, 0) is 0 Å². The number of aryl methyl sites for hydroxylation is 2. The fraction of sp³-hybridized carbons (Fsp3) is 0.273. The number of hydrogen-bond donors (Lipinski definition) is 1. The van der Waals surface area contributed by atoms with Crippen LogP contribution in [0, 0.1) is 13.8 Å². The van der Waals surface area contributed by atoms with Gasteiger partial charge in [-0.2, -0.15) is 0 Å². The van der Waals surface area contributed by atoms with Crippen LogP contribution >= 0.6 is 38.6 Å². The van der Waals surface area contributed by atoms with Gasteiger partial charge >= 0.3 is 0 Å². The Morgan fingerprint density at radius 2 is 1.93 bits per heavy atom. The number of rotatable bonds is 2. The molecule has 1 atom stereocenters. The molecule has 0 radical (unpaired) electrons. The Balaban J connectivity index is 2.35. The molecule has 0 aliphatic carbocycles. The highest BCUT2D eigenvalue weighted by molar-refractivity contribution is 9.10. The average Bonchev–Trinajstić information content (AvgIpc) is 2.71. The second-order valence-electron chi connectivity index (χ2n) is 3.50. The summed E-state index contributed by atoms with van der Waals surface area (Å²) in [6.07, 6.45) is 0. The van der Waals surface area contributed by atoms with Gasteiger partial charge in [-0.3, -0.25) is 0 Å². The zero-order valence-corrected chi connectivity index (χ0v) is 11.8. The quantitative estimate of drug-likeness (QED) is 0.882. The smallest absolute Gasteiger partial charge is 0.0751 e. The van der Waals surface area contributed by atoms with Gasteiger partial charge < -0.3 is 5.73 Å². The summed E-state index contributed by atoms with van der Waals surface area (Å²) in [5.41, 5.74) is 6.23. The van der Waals surface area contributed by atoms with Crippen LogP contribution < -0.4 is 5.73 Å². The van der Waals surface area contributed by atoms with Gasteiger partial charge in [0.2, 0.25) is 0 Å². The molecule has 0 amide bonds. The Morgan fingerprint density at radius 1 is 1.20 bits per heavy atom. The van der Waals surface area contributed by atoms with Crippen molar-refractivity contribution in [3.8, 4) is 0 Å². The summed E-state index contributed by atoms with van der Waals surface area (Å²) < 4.78 is 1.13. The van der Waals surface area contributed by atoms with Crippen LogP contribution in [0.1, 0.15) is 25.6 Å². The SMILES string of the molecule is Cc1ccc(C(N)c2sc(C)cc2Br)s1. The summed E-state index contributed by atoms with van der Waals surface area (Å²) in [5.74, 6) is 0. The maximum atomic E-state index is 6.23. The molecule has 1 nitrogen and oxygen atoms in total. The van der Waals surface area contributed by atoms with Crippen LogP contribution in [0.25, 0.3) is 0 Å². The lowest BCUT2D eigenvalue weighted by atomic mass is 10.2. The normalized spacial score (nSPS) is 13.1. The predicted molar refractivity (Wildman–Crippen MR) is 71.8 cm³/mol. The minimum absolute atomic E-state index is 0.0109. The molecule has 0 fully saturated rings. The molecule has 0 bridgehead atoms. The highest BCUT2D eigenvalue weighted by Gasteiger charge is 2.16. The molecular weight excluding hydrogens is 290 g/mol. The van der Waals surface area contributed by atoms with Gasteiger partial charge in [0.05, 0.1) is 6.04 Å². The van der Waals surface area contributed by atoms with Crippen LogP contribution in [0.4, 0.5) is 0 Å². The van der Waals surface area contributed by atoms with Crippen molar-refractivity contribution < 1.29 is 0 Å². The molecule has 2 rings (SSSR count). The van der Waals surface area contributed by atoms with Gasteiger partial charge in [0, 0.05) is 24.0 Å². The molecule has 0 aliphatic heterocycles. The van der Waals surface area contributed by atoms with E-state index in [1.807, 2.05) is 0 Å². The Kier molecular flexibility index (Phi) is 3.30. The van der Waals surface area contributed by atoms with Gasteiger partial charge in [-0.15, -0.1) is 22.7 Å². The van der Waals surface area contributed by atoms with Gasteiger partial charge in [0.15, 0.2) is 0 Å². The van der Waals surface area contributed by atoms with E-state index < -0.39 is 0 Å². The van der Waals surface area contributed by atoms with Gasteiger partial charge in [-0.05, 0) is 48.0 Å².